The summed E-state index contributed by atoms with van der Waals surface area (Å²) in [6, 6.07) is 3.68. The van der Waals surface area contributed by atoms with Gasteiger partial charge in [-0.3, -0.25) is 4.90 Å². The highest BCUT2D eigenvalue weighted by Gasteiger charge is 2.20. The van der Waals surface area contributed by atoms with Crippen molar-refractivity contribution >= 4 is 34.3 Å². The van der Waals surface area contributed by atoms with Crippen molar-refractivity contribution in [2.75, 3.05) is 43.4 Å². The molecule has 0 atom stereocenters. The SMILES string of the molecule is CC#C/C(N)=N/c1nc(N)nc2c1cnn2CCN1CCN(c2ccc(F)cc2F)CC1. The molecule has 166 valence electrons. The third-order valence-electron chi connectivity index (χ3n) is 5.22. The molecular formula is C21H23F2N9. The van der Waals surface area contributed by atoms with Gasteiger partial charge in [-0.2, -0.15) is 15.1 Å². The molecule has 0 amide bonds. The van der Waals surface area contributed by atoms with Crippen molar-refractivity contribution in [1.82, 2.24) is 24.6 Å². The molecule has 3 heterocycles. The summed E-state index contributed by atoms with van der Waals surface area (Å²) in [5, 5.41) is 5.04. The zero-order valence-electron chi connectivity index (χ0n) is 17.6. The Bertz CT molecular complexity index is 1220. The van der Waals surface area contributed by atoms with Gasteiger partial charge in [0.15, 0.2) is 17.3 Å². The van der Waals surface area contributed by atoms with Gasteiger partial charge in [0.05, 0.1) is 23.8 Å². The van der Waals surface area contributed by atoms with Gasteiger partial charge in [-0.25, -0.2) is 18.5 Å². The molecular weight excluding hydrogens is 416 g/mol. The first-order valence-corrected chi connectivity index (χ1v) is 10.1. The Balaban J connectivity index is 1.42. The van der Waals surface area contributed by atoms with Gasteiger partial charge in [-0.05, 0) is 25.0 Å². The van der Waals surface area contributed by atoms with Crippen LogP contribution in [0, 0.1) is 23.5 Å². The summed E-state index contributed by atoms with van der Waals surface area (Å²) in [7, 11) is 0. The van der Waals surface area contributed by atoms with Crippen LogP contribution >= 0.6 is 0 Å². The Labute approximate surface area is 183 Å². The Morgan fingerprint density at radius 2 is 1.94 bits per heavy atom. The molecule has 9 nitrogen and oxygen atoms in total. The van der Waals surface area contributed by atoms with Crippen molar-refractivity contribution in [2.24, 2.45) is 10.7 Å². The van der Waals surface area contributed by atoms with Crippen molar-refractivity contribution < 1.29 is 8.78 Å². The van der Waals surface area contributed by atoms with Gasteiger partial charge in [0.1, 0.15) is 11.6 Å². The predicted molar refractivity (Wildman–Crippen MR) is 119 cm³/mol. The van der Waals surface area contributed by atoms with Crippen LogP contribution in [0.5, 0.6) is 0 Å². The van der Waals surface area contributed by atoms with Gasteiger partial charge >= 0.3 is 0 Å². The number of aromatic nitrogens is 4. The minimum Gasteiger partial charge on any atom is -0.376 e. The lowest BCUT2D eigenvalue weighted by Gasteiger charge is -2.36. The van der Waals surface area contributed by atoms with Crippen LogP contribution in [0.4, 0.5) is 26.2 Å². The summed E-state index contributed by atoms with van der Waals surface area (Å²) in [4.78, 5) is 16.8. The Morgan fingerprint density at radius 1 is 1.16 bits per heavy atom. The highest BCUT2D eigenvalue weighted by atomic mass is 19.1. The normalized spacial score (nSPS) is 15.1. The van der Waals surface area contributed by atoms with E-state index in [4.69, 9.17) is 11.5 Å². The number of anilines is 2. The number of aliphatic imine (C=N–C) groups is 1. The fourth-order valence-corrected chi connectivity index (χ4v) is 3.66. The molecule has 1 fully saturated rings. The first kappa shape index (κ1) is 21.5. The second kappa shape index (κ2) is 9.15. The smallest absolute Gasteiger partial charge is 0.224 e. The number of rotatable bonds is 5. The third-order valence-corrected chi connectivity index (χ3v) is 5.22. The van der Waals surface area contributed by atoms with Gasteiger partial charge in [-0.1, -0.05) is 5.92 Å². The molecule has 0 bridgehead atoms. The number of halogens is 2. The number of benzene rings is 1. The highest BCUT2D eigenvalue weighted by molar-refractivity contribution is 6.00. The molecule has 4 N–H and O–H groups in total. The number of hydrogen-bond donors (Lipinski definition) is 2. The standard InChI is InChI=1S/C21H23F2N9/c1-2-3-18(24)27-19-15-13-26-32(20(15)29-21(25)28-19)11-8-30-6-9-31(10-7-30)17-5-4-14(22)12-16(17)23/h4-5,12-13H,6-11H2,1H3,(H4,24,25,27,28,29). The van der Waals surface area contributed by atoms with Gasteiger partial charge in [0.2, 0.25) is 5.95 Å². The van der Waals surface area contributed by atoms with E-state index in [-0.39, 0.29) is 11.8 Å². The molecule has 0 radical (unpaired) electrons. The topological polar surface area (TPSA) is 114 Å². The maximum Gasteiger partial charge on any atom is 0.224 e. The number of nitrogen functional groups attached to an aromatic ring is 1. The molecule has 11 heteroatoms. The van der Waals surface area contributed by atoms with E-state index in [0.29, 0.717) is 42.2 Å². The number of fused-ring (bicyclic) bond motifs is 1. The lowest BCUT2D eigenvalue weighted by atomic mass is 10.2. The van der Waals surface area contributed by atoms with Crippen LogP contribution in [0.25, 0.3) is 11.0 Å². The fraction of sp³-hybridized carbons (Fsp3) is 0.333. The van der Waals surface area contributed by atoms with Crippen LogP contribution in [-0.4, -0.2) is 63.2 Å². The molecule has 0 aliphatic carbocycles. The van der Waals surface area contributed by atoms with Crippen LogP contribution in [-0.2, 0) is 6.54 Å². The van der Waals surface area contributed by atoms with Crippen LogP contribution < -0.4 is 16.4 Å². The van der Waals surface area contributed by atoms with E-state index in [9.17, 15) is 8.78 Å². The average molecular weight is 439 g/mol. The van der Waals surface area contributed by atoms with Gasteiger partial charge in [0.25, 0.3) is 0 Å². The van der Waals surface area contributed by atoms with Crippen molar-refractivity contribution in [2.45, 2.75) is 13.5 Å². The van der Waals surface area contributed by atoms with E-state index in [1.807, 2.05) is 4.90 Å². The number of piperazine rings is 1. The molecule has 0 unspecified atom stereocenters. The largest absolute Gasteiger partial charge is 0.376 e. The molecule has 4 rings (SSSR count). The number of hydrogen-bond acceptors (Lipinski definition) is 7. The second-order valence-electron chi connectivity index (χ2n) is 7.31. The van der Waals surface area contributed by atoms with Gasteiger partial charge in [-0.15, -0.1) is 0 Å². The van der Waals surface area contributed by atoms with Crippen molar-refractivity contribution in [3.63, 3.8) is 0 Å². The predicted octanol–water partition coefficient (Wildman–Crippen LogP) is 1.52. The summed E-state index contributed by atoms with van der Waals surface area (Å²) in [6.07, 6.45) is 1.63. The Hall–Kier alpha value is -3.78. The first-order chi connectivity index (χ1) is 15.4. The Kier molecular flexibility index (Phi) is 6.13. The van der Waals surface area contributed by atoms with Crippen LogP contribution in [0.1, 0.15) is 6.92 Å². The molecule has 1 aliphatic heterocycles. The van der Waals surface area contributed by atoms with Crippen molar-refractivity contribution in [3.05, 3.63) is 36.0 Å². The zero-order chi connectivity index (χ0) is 22.7. The zero-order valence-corrected chi connectivity index (χ0v) is 17.6. The molecule has 0 spiro atoms. The van der Waals surface area contributed by atoms with Crippen LogP contribution in [0.3, 0.4) is 0 Å². The molecule has 2 aromatic heterocycles. The van der Waals surface area contributed by atoms with Crippen molar-refractivity contribution in [1.29, 1.82) is 0 Å². The number of nitrogens with two attached hydrogens (primary N) is 2. The lowest BCUT2D eigenvalue weighted by molar-refractivity contribution is 0.245. The molecule has 1 aliphatic rings. The molecule has 1 aromatic carbocycles. The fourth-order valence-electron chi connectivity index (χ4n) is 3.66. The molecule has 3 aromatic rings. The van der Waals surface area contributed by atoms with E-state index >= 15 is 0 Å². The lowest BCUT2D eigenvalue weighted by Crippen LogP contribution is -2.47. The third kappa shape index (κ3) is 4.60. The number of amidine groups is 1. The monoisotopic (exact) mass is 439 g/mol. The maximum atomic E-state index is 14.0. The summed E-state index contributed by atoms with van der Waals surface area (Å²) in [5.74, 6) is 4.78. The van der Waals surface area contributed by atoms with Gasteiger partial charge in [0, 0.05) is 38.8 Å². The van der Waals surface area contributed by atoms with Crippen LogP contribution in [0.15, 0.2) is 29.4 Å². The summed E-state index contributed by atoms with van der Waals surface area (Å²) in [5.41, 5.74) is 12.6. The highest BCUT2D eigenvalue weighted by Crippen LogP contribution is 2.24. The summed E-state index contributed by atoms with van der Waals surface area (Å²) < 4.78 is 29.0. The van der Waals surface area contributed by atoms with Gasteiger partial charge < -0.3 is 16.4 Å². The second-order valence-corrected chi connectivity index (χ2v) is 7.31. The summed E-state index contributed by atoms with van der Waals surface area (Å²) >= 11 is 0. The van der Waals surface area contributed by atoms with E-state index in [1.165, 1.54) is 12.1 Å². The minimum absolute atomic E-state index is 0.0743. The van der Waals surface area contributed by atoms with Crippen molar-refractivity contribution in [3.8, 4) is 11.8 Å². The minimum atomic E-state index is -0.574. The van der Waals surface area contributed by atoms with E-state index < -0.39 is 11.6 Å². The quantitative estimate of drug-likeness (QED) is 0.352. The average Bonchev–Trinajstić information content (AvgIpc) is 3.16. The molecule has 0 saturated carbocycles. The van der Waals surface area contributed by atoms with E-state index in [1.54, 1.807) is 17.8 Å². The first-order valence-electron chi connectivity index (χ1n) is 10.1. The maximum absolute atomic E-state index is 14.0. The van der Waals surface area contributed by atoms with E-state index in [2.05, 4.69) is 36.8 Å². The summed E-state index contributed by atoms with van der Waals surface area (Å²) in [6.45, 7) is 5.76. The Morgan fingerprint density at radius 3 is 2.66 bits per heavy atom. The molecule has 32 heavy (non-hydrogen) atoms. The molecule has 1 saturated heterocycles. The number of nitrogens with zero attached hydrogens (tertiary/aromatic N) is 7. The van der Waals surface area contributed by atoms with E-state index in [0.717, 1.165) is 25.7 Å². The van der Waals surface area contributed by atoms with Crippen LogP contribution in [0.2, 0.25) is 0 Å².